The van der Waals surface area contributed by atoms with Crippen LogP contribution in [0.3, 0.4) is 0 Å². The van der Waals surface area contributed by atoms with Crippen molar-refractivity contribution in [3.8, 4) is 0 Å². The molecule has 0 saturated heterocycles. The summed E-state index contributed by atoms with van der Waals surface area (Å²) in [4.78, 5) is 10.4. The van der Waals surface area contributed by atoms with Gasteiger partial charge in [0.1, 0.15) is 0 Å². The summed E-state index contributed by atoms with van der Waals surface area (Å²) in [5.74, 6) is -0.379. The average Bonchev–Trinajstić information content (AvgIpc) is 1.82. The molecule has 0 aromatic heterocycles. The summed E-state index contributed by atoms with van der Waals surface area (Å²) in [6, 6.07) is 0. The Kier molecular flexibility index (Phi) is 3.44. The fourth-order valence-electron chi connectivity index (χ4n) is 0.500. The minimum absolute atomic E-state index is 0.379. The number of hydrogen-bond acceptors (Lipinski definition) is 1. The van der Waals surface area contributed by atoms with E-state index in [0.717, 1.165) is 0 Å². The van der Waals surface area contributed by atoms with Gasteiger partial charge in [0.15, 0.2) is 0 Å². The van der Waals surface area contributed by atoms with Crippen LogP contribution in [-0.4, -0.2) is 5.91 Å². The maximum Gasteiger partial charge on any atom is 0.248 e. The van der Waals surface area contributed by atoms with Gasteiger partial charge in [0, 0.05) is 5.57 Å². The van der Waals surface area contributed by atoms with Crippen LogP contribution >= 0.6 is 0 Å². The van der Waals surface area contributed by atoms with Crippen molar-refractivity contribution in [2.75, 3.05) is 0 Å². The Morgan fingerprint density at radius 1 is 1.44 bits per heavy atom. The predicted octanol–water partition coefficient (Wildman–Crippen LogP) is 0.994. The van der Waals surface area contributed by atoms with E-state index in [4.69, 9.17) is 5.73 Å². The van der Waals surface area contributed by atoms with Crippen molar-refractivity contribution >= 4 is 5.91 Å². The molecule has 0 rings (SSSR count). The molecule has 0 spiro atoms. The lowest BCUT2D eigenvalue weighted by Gasteiger charge is -1.89. The normalized spacial score (nSPS) is 12.4. The number of carbonyl (C=O) groups is 1. The van der Waals surface area contributed by atoms with Crippen molar-refractivity contribution < 1.29 is 4.79 Å². The lowest BCUT2D eigenvalue weighted by molar-refractivity contribution is -0.114. The van der Waals surface area contributed by atoms with Crippen LogP contribution in [0.2, 0.25) is 0 Å². The lowest BCUT2D eigenvalue weighted by atomic mass is 10.2. The largest absolute Gasteiger partial charge is 0.366 e. The van der Waals surface area contributed by atoms with E-state index >= 15 is 0 Å². The maximum absolute atomic E-state index is 10.4. The molecule has 0 aliphatic carbocycles. The molecule has 9 heavy (non-hydrogen) atoms. The first kappa shape index (κ1) is 7.95. The zero-order valence-corrected chi connectivity index (χ0v) is 5.72. The molecular formula is C7H11NO. The van der Waals surface area contributed by atoms with Gasteiger partial charge in [0.2, 0.25) is 5.91 Å². The summed E-state index contributed by atoms with van der Waals surface area (Å²) in [6.07, 6.45) is 5.14. The minimum atomic E-state index is -0.379. The van der Waals surface area contributed by atoms with E-state index in [2.05, 4.69) is 0 Å². The van der Waals surface area contributed by atoms with Gasteiger partial charge >= 0.3 is 0 Å². The van der Waals surface area contributed by atoms with Crippen molar-refractivity contribution in [3.63, 3.8) is 0 Å². The third-order valence-corrected chi connectivity index (χ3v) is 0.942. The Hall–Kier alpha value is -1.05. The molecule has 0 saturated carbocycles. The first-order chi connectivity index (χ1) is 4.22. The summed E-state index contributed by atoms with van der Waals surface area (Å²) in [5.41, 5.74) is 5.53. The molecule has 2 heteroatoms. The van der Waals surface area contributed by atoms with E-state index in [1.54, 1.807) is 25.2 Å². The highest BCUT2D eigenvalue weighted by atomic mass is 16.1. The smallest absolute Gasteiger partial charge is 0.248 e. The Morgan fingerprint density at radius 3 is 2.11 bits per heavy atom. The number of carbonyl (C=O) groups excluding carboxylic acids is 1. The summed E-state index contributed by atoms with van der Waals surface area (Å²) in [5, 5.41) is 0. The molecule has 1 amide bonds. The van der Waals surface area contributed by atoms with Crippen LogP contribution in [0.1, 0.15) is 13.8 Å². The Balaban J connectivity index is 4.19. The number of allylic oxidation sites excluding steroid dienone is 2. The molecule has 0 aromatic carbocycles. The zero-order valence-electron chi connectivity index (χ0n) is 5.72. The van der Waals surface area contributed by atoms with Crippen molar-refractivity contribution in [1.29, 1.82) is 0 Å². The molecule has 0 bridgehead atoms. The van der Waals surface area contributed by atoms with Crippen LogP contribution in [0.25, 0.3) is 0 Å². The van der Waals surface area contributed by atoms with Gasteiger partial charge in [-0.2, -0.15) is 0 Å². The van der Waals surface area contributed by atoms with Crippen molar-refractivity contribution in [2.45, 2.75) is 13.8 Å². The predicted molar refractivity (Wildman–Crippen MR) is 37.8 cm³/mol. The van der Waals surface area contributed by atoms with Gasteiger partial charge in [-0.15, -0.1) is 0 Å². The molecule has 0 aliphatic rings. The highest BCUT2D eigenvalue weighted by Crippen LogP contribution is 1.93. The van der Waals surface area contributed by atoms with Gasteiger partial charge in [-0.05, 0) is 13.8 Å². The molecule has 0 unspecified atom stereocenters. The van der Waals surface area contributed by atoms with E-state index in [-0.39, 0.29) is 5.91 Å². The van der Waals surface area contributed by atoms with Crippen molar-refractivity contribution in [3.05, 3.63) is 23.8 Å². The fraction of sp³-hybridized carbons (Fsp3) is 0.286. The molecule has 0 heterocycles. The Bertz CT molecular complexity index is 156. The molecular weight excluding hydrogens is 114 g/mol. The van der Waals surface area contributed by atoms with Gasteiger partial charge < -0.3 is 5.73 Å². The molecule has 2 nitrogen and oxygen atoms in total. The quantitative estimate of drug-likeness (QED) is 0.434. The van der Waals surface area contributed by atoms with Gasteiger partial charge in [-0.3, -0.25) is 4.79 Å². The summed E-state index contributed by atoms with van der Waals surface area (Å²) >= 11 is 0. The van der Waals surface area contributed by atoms with Gasteiger partial charge in [0.05, 0.1) is 0 Å². The maximum atomic E-state index is 10.4. The lowest BCUT2D eigenvalue weighted by Crippen LogP contribution is -2.11. The summed E-state index contributed by atoms with van der Waals surface area (Å²) in [7, 11) is 0. The second kappa shape index (κ2) is 3.89. The van der Waals surface area contributed by atoms with Gasteiger partial charge in [0.25, 0.3) is 0 Å². The molecule has 0 fully saturated rings. The van der Waals surface area contributed by atoms with Crippen LogP contribution in [-0.2, 0) is 4.79 Å². The molecule has 0 aliphatic heterocycles. The zero-order chi connectivity index (χ0) is 7.28. The SMILES string of the molecule is CC=CC(=CC)C(N)=O. The van der Waals surface area contributed by atoms with Gasteiger partial charge in [-0.1, -0.05) is 18.2 Å². The second-order valence-corrected chi connectivity index (χ2v) is 1.61. The Morgan fingerprint density at radius 2 is 2.00 bits per heavy atom. The Labute approximate surface area is 55.1 Å². The van der Waals surface area contributed by atoms with Crippen molar-refractivity contribution in [1.82, 2.24) is 0 Å². The van der Waals surface area contributed by atoms with E-state index in [9.17, 15) is 4.79 Å². The molecule has 50 valence electrons. The minimum Gasteiger partial charge on any atom is -0.366 e. The van der Waals surface area contributed by atoms with Crippen LogP contribution in [0.15, 0.2) is 23.8 Å². The van der Waals surface area contributed by atoms with Crippen LogP contribution in [0, 0.1) is 0 Å². The monoisotopic (exact) mass is 125 g/mol. The number of primary amides is 1. The first-order valence-electron chi connectivity index (χ1n) is 2.81. The second-order valence-electron chi connectivity index (χ2n) is 1.61. The third-order valence-electron chi connectivity index (χ3n) is 0.942. The van der Waals surface area contributed by atoms with Crippen LogP contribution < -0.4 is 5.73 Å². The average molecular weight is 125 g/mol. The summed E-state index contributed by atoms with van der Waals surface area (Å²) in [6.45, 7) is 3.62. The van der Waals surface area contributed by atoms with E-state index < -0.39 is 0 Å². The number of rotatable bonds is 2. The fourth-order valence-corrected chi connectivity index (χ4v) is 0.500. The van der Waals surface area contributed by atoms with E-state index in [1.165, 1.54) is 0 Å². The first-order valence-corrected chi connectivity index (χ1v) is 2.81. The van der Waals surface area contributed by atoms with Crippen molar-refractivity contribution in [2.24, 2.45) is 5.73 Å². The molecule has 0 atom stereocenters. The number of amides is 1. The standard InChI is InChI=1S/C7H11NO/c1-3-5-6(4-2)7(8)9/h3-5H,1-2H3,(H2,8,9). The van der Waals surface area contributed by atoms with Crippen LogP contribution in [0.4, 0.5) is 0 Å². The van der Waals surface area contributed by atoms with E-state index in [0.29, 0.717) is 5.57 Å². The highest BCUT2D eigenvalue weighted by molar-refractivity contribution is 5.94. The molecule has 2 N–H and O–H groups in total. The van der Waals surface area contributed by atoms with Gasteiger partial charge in [-0.25, -0.2) is 0 Å². The molecule has 0 aromatic rings. The summed E-state index contributed by atoms with van der Waals surface area (Å²) < 4.78 is 0. The highest BCUT2D eigenvalue weighted by Gasteiger charge is 1.94. The number of nitrogens with two attached hydrogens (primary N) is 1. The third kappa shape index (κ3) is 2.69. The topological polar surface area (TPSA) is 43.1 Å². The molecule has 0 radical (unpaired) electrons. The number of hydrogen-bond donors (Lipinski definition) is 1. The van der Waals surface area contributed by atoms with E-state index in [1.807, 2.05) is 6.92 Å². The van der Waals surface area contributed by atoms with Crippen LogP contribution in [0.5, 0.6) is 0 Å².